The van der Waals surface area contributed by atoms with Crippen molar-refractivity contribution in [3.63, 3.8) is 0 Å². The van der Waals surface area contributed by atoms with E-state index in [-0.39, 0.29) is 23.5 Å². The molecule has 166 valence electrons. The van der Waals surface area contributed by atoms with Gasteiger partial charge in [-0.25, -0.2) is 0 Å². The molecule has 1 atom stereocenters. The zero-order chi connectivity index (χ0) is 21.7. The smallest absolute Gasteiger partial charge is 0.251 e. The molecule has 1 N–H and O–H groups in total. The lowest BCUT2D eigenvalue weighted by Crippen LogP contribution is -2.47. The van der Waals surface area contributed by atoms with Gasteiger partial charge in [0.15, 0.2) is 0 Å². The van der Waals surface area contributed by atoms with Crippen molar-refractivity contribution in [2.24, 2.45) is 11.8 Å². The quantitative estimate of drug-likeness (QED) is 0.727. The monoisotopic (exact) mass is 414 g/mol. The Balaban J connectivity index is 1.43. The van der Waals surface area contributed by atoms with Gasteiger partial charge in [-0.15, -0.1) is 0 Å². The SMILES string of the molecule is CC(C)CC(=O)N1CCC2(CCC(CNC(=O)c3ccc(CC(C)C)cc3)O2)CC1. The van der Waals surface area contributed by atoms with Crippen molar-refractivity contribution in [1.82, 2.24) is 10.2 Å². The number of piperidine rings is 1. The second-order valence-electron chi connectivity index (χ2n) is 9.95. The number of nitrogens with one attached hydrogen (secondary N) is 1. The molecule has 30 heavy (non-hydrogen) atoms. The highest BCUT2D eigenvalue weighted by molar-refractivity contribution is 5.94. The summed E-state index contributed by atoms with van der Waals surface area (Å²) in [4.78, 5) is 26.8. The Kier molecular flexibility index (Phi) is 7.56. The highest BCUT2D eigenvalue weighted by Gasteiger charge is 2.43. The number of nitrogens with zero attached hydrogens (tertiary/aromatic N) is 1. The molecule has 1 aromatic rings. The third-order valence-electron chi connectivity index (χ3n) is 6.30. The summed E-state index contributed by atoms with van der Waals surface area (Å²) in [6.07, 6.45) is 5.50. The molecule has 0 aliphatic carbocycles. The van der Waals surface area contributed by atoms with E-state index in [9.17, 15) is 9.59 Å². The van der Waals surface area contributed by atoms with Gasteiger partial charge in [-0.3, -0.25) is 9.59 Å². The molecule has 5 nitrogen and oxygen atoms in total. The summed E-state index contributed by atoms with van der Waals surface area (Å²) in [5.74, 6) is 1.23. The molecule has 1 aromatic carbocycles. The maximum absolute atomic E-state index is 12.5. The number of hydrogen-bond acceptors (Lipinski definition) is 3. The van der Waals surface area contributed by atoms with Crippen molar-refractivity contribution in [1.29, 1.82) is 0 Å². The van der Waals surface area contributed by atoms with Crippen LogP contribution in [0, 0.1) is 11.8 Å². The molecule has 2 aliphatic rings. The Bertz CT molecular complexity index is 718. The molecule has 2 heterocycles. The Labute approximate surface area is 181 Å². The molecular weight excluding hydrogens is 376 g/mol. The Morgan fingerprint density at radius 2 is 1.73 bits per heavy atom. The zero-order valence-electron chi connectivity index (χ0n) is 19.1. The fourth-order valence-corrected chi connectivity index (χ4v) is 4.62. The molecule has 0 aromatic heterocycles. The molecule has 0 saturated carbocycles. The predicted octanol–water partition coefficient (Wildman–Crippen LogP) is 4.20. The van der Waals surface area contributed by atoms with Gasteiger partial charge in [-0.2, -0.15) is 0 Å². The number of hydrogen-bond donors (Lipinski definition) is 1. The van der Waals surface area contributed by atoms with E-state index in [4.69, 9.17) is 4.74 Å². The van der Waals surface area contributed by atoms with E-state index in [2.05, 4.69) is 33.0 Å². The van der Waals surface area contributed by atoms with Crippen LogP contribution in [-0.2, 0) is 16.0 Å². The van der Waals surface area contributed by atoms with Crippen LogP contribution in [0.2, 0.25) is 0 Å². The van der Waals surface area contributed by atoms with Gasteiger partial charge in [0, 0.05) is 31.6 Å². The van der Waals surface area contributed by atoms with Crippen LogP contribution in [0.25, 0.3) is 0 Å². The minimum Gasteiger partial charge on any atom is -0.370 e. The summed E-state index contributed by atoms with van der Waals surface area (Å²) in [6.45, 7) is 10.7. The normalized spacial score (nSPS) is 20.9. The molecule has 2 saturated heterocycles. The van der Waals surface area contributed by atoms with Crippen molar-refractivity contribution in [2.75, 3.05) is 19.6 Å². The number of benzene rings is 1. The highest BCUT2D eigenvalue weighted by atomic mass is 16.5. The fraction of sp³-hybridized carbons (Fsp3) is 0.680. The van der Waals surface area contributed by atoms with E-state index in [1.165, 1.54) is 5.56 Å². The molecule has 2 amide bonds. The number of carbonyl (C=O) groups is 2. The lowest BCUT2D eigenvalue weighted by Gasteiger charge is -2.39. The summed E-state index contributed by atoms with van der Waals surface area (Å²) >= 11 is 0. The van der Waals surface area contributed by atoms with Crippen LogP contribution >= 0.6 is 0 Å². The van der Waals surface area contributed by atoms with Gasteiger partial charge < -0.3 is 15.0 Å². The summed E-state index contributed by atoms with van der Waals surface area (Å²) in [5, 5.41) is 3.04. The van der Waals surface area contributed by atoms with Gasteiger partial charge in [0.2, 0.25) is 5.91 Å². The van der Waals surface area contributed by atoms with Crippen LogP contribution in [0.3, 0.4) is 0 Å². The Hall–Kier alpha value is -1.88. The van der Waals surface area contributed by atoms with Crippen LogP contribution in [0.1, 0.15) is 75.7 Å². The predicted molar refractivity (Wildman–Crippen MR) is 119 cm³/mol. The standard InChI is InChI=1S/C25H38N2O3/c1-18(2)15-20-5-7-21(8-6-20)24(29)26-17-22-9-10-25(30-22)11-13-27(14-12-25)23(28)16-19(3)4/h5-8,18-19,22H,9-17H2,1-4H3,(H,26,29). The van der Waals surface area contributed by atoms with E-state index in [1.807, 2.05) is 29.2 Å². The molecule has 0 radical (unpaired) electrons. The maximum atomic E-state index is 12.5. The van der Waals surface area contributed by atoms with E-state index in [0.717, 1.165) is 45.2 Å². The molecule has 0 bridgehead atoms. The van der Waals surface area contributed by atoms with E-state index >= 15 is 0 Å². The first kappa shape index (κ1) is 22.8. The summed E-state index contributed by atoms with van der Waals surface area (Å²) in [7, 11) is 0. The number of amides is 2. The van der Waals surface area contributed by atoms with Crippen LogP contribution in [0.4, 0.5) is 0 Å². The summed E-state index contributed by atoms with van der Waals surface area (Å²) < 4.78 is 6.40. The fourth-order valence-electron chi connectivity index (χ4n) is 4.62. The van der Waals surface area contributed by atoms with Gasteiger partial charge in [0.05, 0.1) is 11.7 Å². The Morgan fingerprint density at radius 3 is 2.33 bits per heavy atom. The maximum Gasteiger partial charge on any atom is 0.251 e. The molecular formula is C25H38N2O3. The van der Waals surface area contributed by atoms with Gasteiger partial charge in [-0.05, 0) is 61.6 Å². The topological polar surface area (TPSA) is 58.6 Å². The number of rotatable bonds is 7. The van der Waals surface area contributed by atoms with Gasteiger partial charge in [0.1, 0.15) is 0 Å². The van der Waals surface area contributed by atoms with Gasteiger partial charge >= 0.3 is 0 Å². The first-order valence-corrected chi connectivity index (χ1v) is 11.6. The zero-order valence-corrected chi connectivity index (χ0v) is 19.1. The molecule has 2 aliphatic heterocycles. The highest BCUT2D eigenvalue weighted by Crippen LogP contribution is 2.38. The van der Waals surface area contributed by atoms with Crippen molar-refractivity contribution in [3.05, 3.63) is 35.4 Å². The summed E-state index contributed by atoms with van der Waals surface area (Å²) in [5.41, 5.74) is 1.86. The van der Waals surface area contributed by atoms with Crippen molar-refractivity contribution >= 4 is 11.8 Å². The molecule has 1 unspecified atom stereocenters. The molecule has 1 spiro atoms. The third-order valence-corrected chi connectivity index (χ3v) is 6.30. The van der Waals surface area contributed by atoms with E-state index in [0.29, 0.717) is 30.4 Å². The number of likely N-dealkylation sites (tertiary alicyclic amines) is 1. The molecule has 3 rings (SSSR count). The number of ether oxygens (including phenoxy) is 1. The van der Waals surface area contributed by atoms with Crippen molar-refractivity contribution < 1.29 is 14.3 Å². The lowest BCUT2D eigenvalue weighted by molar-refractivity contribution is -0.138. The molecule has 2 fully saturated rings. The number of carbonyl (C=O) groups excluding carboxylic acids is 2. The average Bonchev–Trinajstić information content (AvgIpc) is 3.08. The Morgan fingerprint density at radius 1 is 1.07 bits per heavy atom. The van der Waals surface area contributed by atoms with Crippen molar-refractivity contribution in [3.8, 4) is 0 Å². The minimum atomic E-state index is -0.109. The average molecular weight is 415 g/mol. The van der Waals surface area contributed by atoms with Crippen LogP contribution in [0.15, 0.2) is 24.3 Å². The second kappa shape index (κ2) is 9.95. The largest absolute Gasteiger partial charge is 0.370 e. The van der Waals surface area contributed by atoms with Crippen LogP contribution in [-0.4, -0.2) is 48.1 Å². The molecule has 5 heteroatoms. The minimum absolute atomic E-state index is 0.0373. The van der Waals surface area contributed by atoms with E-state index < -0.39 is 0 Å². The first-order valence-electron chi connectivity index (χ1n) is 11.6. The first-order chi connectivity index (χ1) is 14.3. The second-order valence-corrected chi connectivity index (χ2v) is 9.95. The third kappa shape index (κ3) is 6.07. The summed E-state index contributed by atoms with van der Waals surface area (Å²) in [6, 6.07) is 7.91. The van der Waals surface area contributed by atoms with Gasteiger partial charge in [0.25, 0.3) is 5.91 Å². The lowest BCUT2D eigenvalue weighted by atomic mass is 9.88. The van der Waals surface area contributed by atoms with Gasteiger partial charge in [-0.1, -0.05) is 39.8 Å². The van der Waals surface area contributed by atoms with Crippen LogP contribution in [0.5, 0.6) is 0 Å². The van der Waals surface area contributed by atoms with Crippen molar-refractivity contribution in [2.45, 2.75) is 77.9 Å². The van der Waals surface area contributed by atoms with E-state index in [1.54, 1.807) is 0 Å². The van der Waals surface area contributed by atoms with Crippen LogP contribution < -0.4 is 5.32 Å².